The topological polar surface area (TPSA) is 32.8 Å². The fourth-order valence-corrected chi connectivity index (χ4v) is 3.29. The van der Waals surface area contributed by atoms with E-state index in [1.807, 2.05) is 12.1 Å². The van der Waals surface area contributed by atoms with Crippen LogP contribution in [-0.4, -0.2) is 55.5 Å². The third kappa shape index (κ3) is 5.04. The van der Waals surface area contributed by atoms with Gasteiger partial charge in [0.25, 0.3) is 5.91 Å². The quantitative estimate of drug-likeness (QED) is 0.777. The summed E-state index contributed by atoms with van der Waals surface area (Å²) in [7, 11) is 1.66. The molecule has 1 heterocycles. The molecule has 2 aromatic rings. The van der Waals surface area contributed by atoms with Gasteiger partial charge >= 0.3 is 0 Å². The van der Waals surface area contributed by atoms with Crippen LogP contribution >= 0.6 is 0 Å². The van der Waals surface area contributed by atoms with Gasteiger partial charge in [0.2, 0.25) is 0 Å². The number of halogens is 2. The Balaban J connectivity index is 1.43. The van der Waals surface area contributed by atoms with Gasteiger partial charge in [-0.1, -0.05) is 12.1 Å². The second-order valence-electron chi connectivity index (χ2n) is 6.71. The Morgan fingerprint density at radius 2 is 1.70 bits per heavy atom. The third-order valence-corrected chi connectivity index (χ3v) is 4.92. The summed E-state index contributed by atoms with van der Waals surface area (Å²) < 4.78 is 31.5. The highest BCUT2D eigenvalue weighted by Crippen LogP contribution is 2.15. The van der Waals surface area contributed by atoms with Crippen LogP contribution in [0.3, 0.4) is 0 Å². The molecule has 0 radical (unpaired) electrons. The van der Waals surface area contributed by atoms with Crippen LogP contribution in [0.1, 0.15) is 22.3 Å². The Hall–Kier alpha value is -2.47. The molecule has 3 rings (SSSR count). The largest absolute Gasteiger partial charge is 0.497 e. The molecule has 1 amide bonds. The molecule has 1 saturated heterocycles. The highest BCUT2D eigenvalue weighted by molar-refractivity contribution is 5.94. The number of aryl methyl sites for hydroxylation is 1. The standard InChI is InChI=1S/C21H24F2N2O2/c1-27-18-7-4-16(5-8-18)3-2-10-24-11-13-25(14-12-24)21(26)17-6-9-19(22)20(23)15-17/h4-9,15H,2-3,10-14H2,1H3. The van der Waals surface area contributed by atoms with E-state index in [9.17, 15) is 13.6 Å². The van der Waals surface area contributed by atoms with Crippen LogP contribution in [0.15, 0.2) is 42.5 Å². The van der Waals surface area contributed by atoms with Crippen molar-refractivity contribution in [3.63, 3.8) is 0 Å². The van der Waals surface area contributed by atoms with E-state index in [1.165, 1.54) is 11.6 Å². The minimum Gasteiger partial charge on any atom is -0.497 e. The molecule has 0 aliphatic carbocycles. The fourth-order valence-electron chi connectivity index (χ4n) is 3.29. The summed E-state index contributed by atoms with van der Waals surface area (Å²) in [4.78, 5) is 16.5. The Bertz CT molecular complexity index is 772. The van der Waals surface area contributed by atoms with E-state index in [0.717, 1.165) is 50.4 Å². The molecule has 0 spiro atoms. The zero-order valence-corrected chi connectivity index (χ0v) is 15.5. The van der Waals surface area contributed by atoms with Crippen LogP contribution < -0.4 is 4.74 Å². The van der Waals surface area contributed by atoms with Crippen molar-refractivity contribution in [1.29, 1.82) is 0 Å². The lowest BCUT2D eigenvalue weighted by atomic mass is 10.1. The van der Waals surface area contributed by atoms with E-state index in [4.69, 9.17) is 4.74 Å². The average molecular weight is 374 g/mol. The number of methoxy groups -OCH3 is 1. The van der Waals surface area contributed by atoms with Crippen LogP contribution in [0.4, 0.5) is 8.78 Å². The number of benzene rings is 2. The Morgan fingerprint density at radius 1 is 1.00 bits per heavy atom. The van der Waals surface area contributed by atoms with Crippen molar-refractivity contribution < 1.29 is 18.3 Å². The average Bonchev–Trinajstić information content (AvgIpc) is 2.70. The highest BCUT2D eigenvalue weighted by Gasteiger charge is 2.22. The molecule has 0 unspecified atom stereocenters. The van der Waals surface area contributed by atoms with Gasteiger partial charge in [-0.05, 0) is 55.3 Å². The summed E-state index contributed by atoms with van der Waals surface area (Å²) in [6.45, 7) is 3.75. The van der Waals surface area contributed by atoms with E-state index < -0.39 is 11.6 Å². The summed E-state index contributed by atoms with van der Waals surface area (Å²) in [5, 5.41) is 0. The van der Waals surface area contributed by atoms with Gasteiger partial charge in [-0.2, -0.15) is 0 Å². The van der Waals surface area contributed by atoms with Gasteiger partial charge in [-0.25, -0.2) is 8.78 Å². The van der Waals surface area contributed by atoms with Crippen molar-refractivity contribution in [2.45, 2.75) is 12.8 Å². The number of piperazine rings is 1. The molecular formula is C21H24F2N2O2. The van der Waals surface area contributed by atoms with Crippen molar-refractivity contribution in [3.05, 3.63) is 65.2 Å². The Morgan fingerprint density at radius 3 is 2.33 bits per heavy atom. The number of carbonyl (C=O) groups is 1. The van der Waals surface area contributed by atoms with Gasteiger partial charge < -0.3 is 9.64 Å². The smallest absolute Gasteiger partial charge is 0.254 e. The maximum Gasteiger partial charge on any atom is 0.254 e. The minimum atomic E-state index is -0.988. The Labute approximate surface area is 158 Å². The monoisotopic (exact) mass is 374 g/mol. The van der Waals surface area contributed by atoms with E-state index in [1.54, 1.807) is 12.0 Å². The van der Waals surface area contributed by atoms with Crippen LogP contribution in [0, 0.1) is 11.6 Å². The molecule has 4 nitrogen and oxygen atoms in total. The number of rotatable bonds is 6. The van der Waals surface area contributed by atoms with E-state index in [0.29, 0.717) is 13.1 Å². The second kappa shape index (κ2) is 8.95. The van der Waals surface area contributed by atoms with Crippen LogP contribution in [0.5, 0.6) is 5.75 Å². The van der Waals surface area contributed by atoms with E-state index in [2.05, 4.69) is 17.0 Å². The van der Waals surface area contributed by atoms with E-state index in [-0.39, 0.29) is 11.5 Å². The first-order chi connectivity index (χ1) is 13.1. The molecule has 2 aromatic carbocycles. The molecule has 1 aliphatic rings. The maximum atomic E-state index is 13.3. The highest BCUT2D eigenvalue weighted by atomic mass is 19.2. The number of hydrogen-bond acceptors (Lipinski definition) is 3. The summed E-state index contributed by atoms with van der Waals surface area (Å²) in [6, 6.07) is 11.4. The normalized spacial score (nSPS) is 15.0. The van der Waals surface area contributed by atoms with Crippen molar-refractivity contribution in [1.82, 2.24) is 9.80 Å². The van der Waals surface area contributed by atoms with Crippen molar-refractivity contribution in [2.24, 2.45) is 0 Å². The number of hydrogen-bond donors (Lipinski definition) is 0. The lowest BCUT2D eigenvalue weighted by Gasteiger charge is -2.34. The third-order valence-electron chi connectivity index (χ3n) is 4.92. The molecule has 6 heteroatoms. The van der Waals surface area contributed by atoms with Crippen molar-refractivity contribution in [3.8, 4) is 5.75 Å². The molecular weight excluding hydrogens is 350 g/mol. The number of carbonyl (C=O) groups excluding carboxylic acids is 1. The number of amides is 1. The van der Waals surface area contributed by atoms with Gasteiger partial charge in [0.05, 0.1) is 7.11 Å². The first-order valence-corrected chi connectivity index (χ1v) is 9.16. The molecule has 0 aromatic heterocycles. The fraction of sp³-hybridized carbons (Fsp3) is 0.381. The molecule has 144 valence electrons. The summed E-state index contributed by atoms with van der Waals surface area (Å²) >= 11 is 0. The van der Waals surface area contributed by atoms with Gasteiger partial charge in [0, 0.05) is 31.7 Å². The van der Waals surface area contributed by atoms with Gasteiger partial charge in [0.15, 0.2) is 11.6 Å². The van der Waals surface area contributed by atoms with Crippen molar-refractivity contribution in [2.75, 3.05) is 39.8 Å². The minimum absolute atomic E-state index is 0.196. The van der Waals surface area contributed by atoms with E-state index >= 15 is 0 Å². The second-order valence-corrected chi connectivity index (χ2v) is 6.71. The summed E-state index contributed by atoms with van der Waals surface area (Å²) in [5.74, 6) is -1.31. The van der Waals surface area contributed by atoms with Gasteiger partial charge in [0.1, 0.15) is 5.75 Å². The van der Waals surface area contributed by atoms with Crippen LogP contribution in [-0.2, 0) is 6.42 Å². The first kappa shape index (κ1) is 19.3. The number of ether oxygens (including phenoxy) is 1. The molecule has 0 bridgehead atoms. The van der Waals surface area contributed by atoms with Crippen LogP contribution in [0.25, 0.3) is 0 Å². The SMILES string of the molecule is COc1ccc(CCCN2CCN(C(=O)c3ccc(F)c(F)c3)CC2)cc1. The lowest BCUT2D eigenvalue weighted by Crippen LogP contribution is -2.48. The maximum absolute atomic E-state index is 13.3. The molecule has 0 saturated carbocycles. The summed E-state index contributed by atoms with van der Waals surface area (Å²) in [5.41, 5.74) is 1.48. The van der Waals surface area contributed by atoms with Crippen molar-refractivity contribution >= 4 is 5.91 Å². The summed E-state index contributed by atoms with van der Waals surface area (Å²) in [6.07, 6.45) is 2.04. The molecule has 27 heavy (non-hydrogen) atoms. The first-order valence-electron chi connectivity index (χ1n) is 9.16. The molecule has 1 aliphatic heterocycles. The van der Waals surface area contributed by atoms with Crippen LogP contribution in [0.2, 0.25) is 0 Å². The zero-order valence-electron chi connectivity index (χ0n) is 15.5. The number of nitrogens with zero attached hydrogens (tertiary/aromatic N) is 2. The molecule has 1 fully saturated rings. The zero-order chi connectivity index (χ0) is 19.2. The predicted molar refractivity (Wildman–Crippen MR) is 100 cm³/mol. The predicted octanol–water partition coefficient (Wildman–Crippen LogP) is 3.36. The molecule has 0 atom stereocenters. The van der Waals surface area contributed by atoms with Gasteiger partial charge in [-0.3, -0.25) is 9.69 Å². The van der Waals surface area contributed by atoms with Gasteiger partial charge in [-0.15, -0.1) is 0 Å². The molecule has 0 N–H and O–H groups in total. The Kier molecular flexibility index (Phi) is 6.40. The lowest BCUT2D eigenvalue weighted by molar-refractivity contribution is 0.0635.